The molecule has 2 heterocycles. The summed E-state index contributed by atoms with van der Waals surface area (Å²) in [5, 5.41) is 14.7. The molecule has 0 bridgehead atoms. The van der Waals surface area contributed by atoms with Gasteiger partial charge in [0.05, 0.1) is 6.54 Å². The Bertz CT molecular complexity index is 707. The van der Waals surface area contributed by atoms with Crippen molar-refractivity contribution in [1.82, 2.24) is 20.1 Å². The van der Waals surface area contributed by atoms with Gasteiger partial charge < -0.3 is 15.2 Å². The first kappa shape index (κ1) is 15.5. The van der Waals surface area contributed by atoms with E-state index in [1.54, 1.807) is 7.05 Å². The molecular formula is C17H23N5O. The summed E-state index contributed by atoms with van der Waals surface area (Å²) in [5.74, 6) is 1.99. The lowest BCUT2D eigenvalue weighted by molar-refractivity contribution is 0.0962. The van der Waals surface area contributed by atoms with Crippen LogP contribution in [-0.2, 0) is 19.5 Å². The van der Waals surface area contributed by atoms with Gasteiger partial charge in [0, 0.05) is 31.3 Å². The maximum Gasteiger partial charge on any atom is 0.251 e. The minimum atomic E-state index is -0.0671. The van der Waals surface area contributed by atoms with Crippen LogP contribution in [0.2, 0.25) is 0 Å². The number of nitrogens with one attached hydrogen (secondary N) is 2. The van der Waals surface area contributed by atoms with Crippen molar-refractivity contribution in [2.24, 2.45) is 0 Å². The average Bonchev–Trinajstić information content (AvgIpc) is 2.79. The molecule has 0 atom stereocenters. The first-order valence-corrected chi connectivity index (χ1v) is 8.17. The molecule has 122 valence electrons. The molecule has 0 saturated carbocycles. The maximum absolute atomic E-state index is 11.9. The summed E-state index contributed by atoms with van der Waals surface area (Å²) in [7, 11) is 1.65. The molecule has 23 heavy (non-hydrogen) atoms. The molecule has 0 saturated heterocycles. The molecule has 0 spiro atoms. The Morgan fingerprint density at radius 2 is 2.13 bits per heavy atom. The summed E-state index contributed by atoms with van der Waals surface area (Å²) in [6.45, 7) is 3.57. The molecule has 1 aromatic carbocycles. The molecule has 6 nitrogen and oxygen atoms in total. The van der Waals surface area contributed by atoms with E-state index in [0.717, 1.165) is 35.9 Å². The number of anilines is 1. The molecule has 1 amide bonds. The minimum Gasteiger partial charge on any atom is -0.378 e. The van der Waals surface area contributed by atoms with E-state index in [-0.39, 0.29) is 5.91 Å². The number of aryl methyl sites for hydroxylation is 1. The van der Waals surface area contributed by atoms with Gasteiger partial charge in [0.25, 0.3) is 5.91 Å². The monoisotopic (exact) mass is 313 g/mol. The largest absolute Gasteiger partial charge is 0.378 e. The molecule has 1 aromatic heterocycles. The summed E-state index contributed by atoms with van der Waals surface area (Å²) >= 11 is 0. The highest BCUT2D eigenvalue weighted by molar-refractivity contribution is 5.96. The van der Waals surface area contributed by atoms with Crippen molar-refractivity contribution in [2.45, 2.75) is 45.7 Å². The smallest absolute Gasteiger partial charge is 0.251 e. The van der Waals surface area contributed by atoms with Crippen LogP contribution in [-0.4, -0.2) is 27.7 Å². The Labute approximate surface area is 136 Å². The molecule has 0 aliphatic carbocycles. The van der Waals surface area contributed by atoms with E-state index < -0.39 is 0 Å². The van der Waals surface area contributed by atoms with Crippen LogP contribution in [0.3, 0.4) is 0 Å². The third-order valence-electron chi connectivity index (χ3n) is 4.43. The number of benzene rings is 1. The second-order valence-corrected chi connectivity index (χ2v) is 5.91. The van der Waals surface area contributed by atoms with Crippen molar-refractivity contribution < 1.29 is 4.79 Å². The van der Waals surface area contributed by atoms with Gasteiger partial charge >= 0.3 is 0 Å². The quantitative estimate of drug-likeness (QED) is 0.908. The van der Waals surface area contributed by atoms with Crippen LogP contribution < -0.4 is 10.6 Å². The van der Waals surface area contributed by atoms with Crippen molar-refractivity contribution in [1.29, 1.82) is 0 Å². The Kier molecular flexibility index (Phi) is 4.60. The predicted octanol–water partition coefficient (Wildman–Crippen LogP) is 2.28. The zero-order valence-corrected chi connectivity index (χ0v) is 13.7. The first-order chi connectivity index (χ1) is 11.2. The summed E-state index contributed by atoms with van der Waals surface area (Å²) in [5.41, 5.74) is 2.59. The molecule has 6 heteroatoms. The van der Waals surface area contributed by atoms with Crippen LogP contribution >= 0.6 is 0 Å². The van der Waals surface area contributed by atoms with E-state index in [1.165, 1.54) is 19.3 Å². The van der Waals surface area contributed by atoms with Crippen molar-refractivity contribution in [3.8, 4) is 0 Å². The van der Waals surface area contributed by atoms with Gasteiger partial charge in [0.1, 0.15) is 5.82 Å². The summed E-state index contributed by atoms with van der Waals surface area (Å²) < 4.78 is 2.23. The standard InChI is InChI=1S/C17H23N5O/c1-12-13(17(23)18-2)7-6-8-14(12)19-11-16-21-20-15-9-4-3-5-10-22(15)16/h6-8,19H,3-5,9-11H2,1-2H3,(H,18,23). The van der Waals surface area contributed by atoms with E-state index >= 15 is 0 Å². The lowest BCUT2D eigenvalue weighted by atomic mass is 10.1. The SMILES string of the molecule is CNC(=O)c1cccc(NCc2nnc3n2CCCCC3)c1C. The van der Waals surface area contributed by atoms with Gasteiger partial charge in [-0.05, 0) is 37.5 Å². The number of hydrogen-bond acceptors (Lipinski definition) is 4. The van der Waals surface area contributed by atoms with Gasteiger partial charge in [-0.3, -0.25) is 4.79 Å². The fourth-order valence-corrected chi connectivity index (χ4v) is 3.06. The Morgan fingerprint density at radius 1 is 1.26 bits per heavy atom. The number of carbonyl (C=O) groups excluding carboxylic acids is 1. The maximum atomic E-state index is 11.9. The number of nitrogens with zero attached hydrogens (tertiary/aromatic N) is 3. The molecule has 3 rings (SSSR count). The fraction of sp³-hybridized carbons (Fsp3) is 0.471. The van der Waals surface area contributed by atoms with E-state index in [2.05, 4.69) is 25.4 Å². The molecule has 2 aromatic rings. The molecule has 0 radical (unpaired) electrons. The zero-order valence-electron chi connectivity index (χ0n) is 13.7. The van der Waals surface area contributed by atoms with Crippen LogP contribution in [0.5, 0.6) is 0 Å². The summed E-state index contributed by atoms with van der Waals surface area (Å²) in [6, 6.07) is 5.72. The Balaban J connectivity index is 1.77. The first-order valence-electron chi connectivity index (χ1n) is 8.17. The predicted molar refractivity (Wildman–Crippen MR) is 89.5 cm³/mol. The molecule has 0 fully saturated rings. The normalized spacial score (nSPS) is 14.0. The molecule has 1 aliphatic rings. The Hall–Kier alpha value is -2.37. The molecule has 2 N–H and O–H groups in total. The second-order valence-electron chi connectivity index (χ2n) is 5.91. The van der Waals surface area contributed by atoms with Crippen molar-refractivity contribution >= 4 is 11.6 Å². The van der Waals surface area contributed by atoms with E-state index in [1.807, 2.05) is 25.1 Å². The summed E-state index contributed by atoms with van der Waals surface area (Å²) in [4.78, 5) is 11.9. The fourth-order valence-electron chi connectivity index (χ4n) is 3.06. The highest BCUT2D eigenvalue weighted by Crippen LogP contribution is 2.20. The molecule has 1 aliphatic heterocycles. The minimum absolute atomic E-state index is 0.0671. The van der Waals surface area contributed by atoms with Gasteiger partial charge in [-0.1, -0.05) is 12.5 Å². The lowest BCUT2D eigenvalue weighted by Gasteiger charge is -2.13. The van der Waals surface area contributed by atoms with Gasteiger partial charge in [-0.15, -0.1) is 10.2 Å². The summed E-state index contributed by atoms with van der Waals surface area (Å²) in [6.07, 6.45) is 4.64. The number of carbonyl (C=O) groups is 1. The van der Waals surface area contributed by atoms with Crippen LogP contribution in [0.25, 0.3) is 0 Å². The van der Waals surface area contributed by atoms with Crippen LogP contribution in [0.4, 0.5) is 5.69 Å². The third-order valence-corrected chi connectivity index (χ3v) is 4.43. The van der Waals surface area contributed by atoms with Gasteiger partial charge in [0.2, 0.25) is 0 Å². The lowest BCUT2D eigenvalue weighted by Crippen LogP contribution is -2.19. The Morgan fingerprint density at radius 3 is 2.96 bits per heavy atom. The number of amides is 1. The van der Waals surface area contributed by atoms with Crippen molar-refractivity contribution in [3.05, 3.63) is 41.0 Å². The van der Waals surface area contributed by atoms with Gasteiger partial charge in [-0.25, -0.2) is 0 Å². The van der Waals surface area contributed by atoms with Crippen LogP contribution in [0, 0.1) is 6.92 Å². The van der Waals surface area contributed by atoms with Gasteiger partial charge in [0.15, 0.2) is 5.82 Å². The van der Waals surface area contributed by atoms with Gasteiger partial charge in [-0.2, -0.15) is 0 Å². The second kappa shape index (κ2) is 6.81. The van der Waals surface area contributed by atoms with E-state index in [9.17, 15) is 4.79 Å². The van der Waals surface area contributed by atoms with E-state index in [0.29, 0.717) is 12.1 Å². The number of aromatic nitrogens is 3. The topological polar surface area (TPSA) is 71.8 Å². The highest BCUT2D eigenvalue weighted by atomic mass is 16.1. The van der Waals surface area contributed by atoms with Crippen molar-refractivity contribution in [2.75, 3.05) is 12.4 Å². The van der Waals surface area contributed by atoms with Crippen LogP contribution in [0.15, 0.2) is 18.2 Å². The van der Waals surface area contributed by atoms with Crippen LogP contribution in [0.1, 0.15) is 46.8 Å². The third kappa shape index (κ3) is 3.21. The number of fused-ring (bicyclic) bond motifs is 1. The molecular weight excluding hydrogens is 290 g/mol. The number of rotatable bonds is 4. The number of hydrogen-bond donors (Lipinski definition) is 2. The molecule has 0 unspecified atom stereocenters. The van der Waals surface area contributed by atoms with E-state index in [4.69, 9.17) is 0 Å². The highest BCUT2D eigenvalue weighted by Gasteiger charge is 2.15. The van der Waals surface area contributed by atoms with Crippen molar-refractivity contribution in [3.63, 3.8) is 0 Å². The zero-order chi connectivity index (χ0) is 16.2. The average molecular weight is 313 g/mol.